The monoisotopic (exact) mass is 121 g/mol. The summed E-state index contributed by atoms with van der Waals surface area (Å²) in [5, 5.41) is 3.19. The summed E-state index contributed by atoms with van der Waals surface area (Å²) < 4.78 is 0. The molecular formula is C8H11N. The Kier molecular flexibility index (Phi) is 1.73. The van der Waals surface area contributed by atoms with Gasteiger partial charge in [-0.05, 0) is 18.6 Å². The molecule has 0 radical (unpaired) electrons. The minimum atomic E-state index is 0.929. The van der Waals surface area contributed by atoms with Crippen molar-refractivity contribution in [1.82, 2.24) is 5.32 Å². The lowest BCUT2D eigenvalue weighted by atomic mass is 10.2. The fraction of sp³-hybridized carbons (Fsp3) is 0.250. The minimum Gasteiger partial charge on any atom is -0.381 e. The van der Waals surface area contributed by atoms with E-state index in [9.17, 15) is 0 Å². The van der Waals surface area contributed by atoms with Crippen LogP contribution in [0, 0.1) is 0 Å². The van der Waals surface area contributed by atoms with Crippen LogP contribution in [0.1, 0.15) is 6.92 Å². The first-order valence-electron chi connectivity index (χ1n) is 3.07. The normalized spacial score (nSPS) is 16.3. The van der Waals surface area contributed by atoms with Crippen molar-refractivity contribution >= 4 is 0 Å². The molecule has 1 rings (SSSR count). The lowest BCUT2D eigenvalue weighted by Gasteiger charge is -2.10. The molecule has 1 nitrogen and oxygen atoms in total. The highest BCUT2D eigenvalue weighted by Gasteiger charge is 1.95. The fourth-order valence-corrected chi connectivity index (χ4v) is 0.753. The number of allylic oxidation sites excluding steroid dienone is 3. The molecule has 0 aromatic heterocycles. The summed E-state index contributed by atoms with van der Waals surface area (Å²) >= 11 is 0. The molecule has 1 aliphatic heterocycles. The zero-order chi connectivity index (χ0) is 6.69. The first-order valence-corrected chi connectivity index (χ1v) is 3.07. The molecule has 0 aromatic rings. The van der Waals surface area contributed by atoms with Gasteiger partial charge in [-0.3, -0.25) is 0 Å². The first kappa shape index (κ1) is 6.14. The maximum absolute atomic E-state index is 3.81. The summed E-state index contributed by atoms with van der Waals surface area (Å²) in [7, 11) is 0. The maximum Gasteiger partial charge on any atom is 0.0366 e. The second-order valence-electron chi connectivity index (χ2n) is 2.17. The Labute approximate surface area is 55.8 Å². The van der Waals surface area contributed by atoms with Crippen molar-refractivity contribution in [1.29, 1.82) is 0 Å². The van der Waals surface area contributed by atoms with E-state index in [1.807, 2.05) is 19.1 Å². The van der Waals surface area contributed by atoms with Gasteiger partial charge in [0.2, 0.25) is 0 Å². The molecule has 9 heavy (non-hydrogen) atoms. The van der Waals surface area contributed by atoms with Crippen LogP contribution in [0.15, 0.2) is 36.1 Å². The van der Waals surface area contributed by atoms with E-state index < -0.39 is 0 Å². The van der Waals surface area contributed by atoms with Crippen molar-refractivity contribution in [3.63, 3.8) is 0 Å². The minimum absolute atomic E-state index is 0.929. The molecule has 0 spiro atoms. The Morgan fingerprint density at radius 3 is 2.89 bits per heavy atom. The lowest BCUT2D eigenvalue weighted by Crippen LogP contribution is -2.15. The van der Waals surface area contributed by atoms with E-state index >= 15 is 0 Å². The third-order valence-electron chi connectivity index (χ3n) is 1.27. The summed E-state index contributed by atoms with van der Waals surface area (Å²) in [6, 6.07) is 0. The van der Waals surface area contributed by atoms with E-state index in [1.54, 1.807) is 0 Å². The van der Waals surface area contributed by atoms with Crippen LogP contribution in [0.3, 0.4) is 0 Å². The van der Waals surface area contributed by atoms with Crippen molar-refractivity contribution in [3.05, 3.63) is 36.1 Å². The van der Waals surface area contributed by atoms with Gasteiger partial charge in [0, 0.05) is 12.2 Å². The second kappa shape index (κ2) is 2.53. The molecule has 0 atom stereocenters. The quantitative estimate of drug-likeness (QED) is 0.555. The van der Waals surface area contributed by atoms with Crippen LogP contribution >= 0.6 is 0 Å². The van der Waals surface area contributed by atoms with Gasteiger partial charge in [-0.15, -0.1) is 0 Å². The van der Waals surface area contributed by atoms with Crippen LogP contribution in [0.4, 0.5) is 0 Å². The summed E-state index contributed by atoms with van der Waals surface area (Å²) in [5.74, 6) is 0. The predicted octanol–water partition coefficient (Wildman–Crippen LogP) is 1.61. The molecule has 0 fully saturated rings. The highest BCUT2D eigenvalue weighted by atomic mass is 14.9. The topological polar surface area (TPSA) is 12.0 Å². The maximum atomic E-state index is 3.81. The number of hydrogen-bond acceptors (Lipinski definition) is 1. The highest BCUT2D eigenvalue weighted by molar-refractivity contribution is 5.31. The van der Waals surface area contributed by atoms with Crippen LogP contribution in [0.5, 0.6) is 0 Å². The third kappa shape index (κ3) is 1.46. The molecule has 0 bridgehead atoms. The van der Waals surface area contributed by atoms with E-state index in [0.717, 1.165) is 17.8 Å². The SMILES string of the molecule is C=C(C)C1=CC=CCN1. The molecule has 0 amide bonds. The molecule has 1 N–H and O–H groups in total. The fourth-order valence-electron chi connectivity index (χ4n) is 0.753. The first-order chi connectivity index (χ1) is 4.30. The predicted molar refractivity (Wildman–Crippen MR) is 40.0 cm³/mol. The Hall–Kier alpha value is -0.980. The van der Waals surface area contributed by atoms with Gasteiger partial charge in [0.15, 0.2) is 0 Å². The molecule has 0 saturated heterocycles. The lowest BCUT2D eigenvalue weighted by molar-refractivity contribution is 0.901. The Bertz CT molecular complexity index is 175. The average Bonchev–Trinajstić information content (AvgIpc) is 1.90. The molecule has 0 aromatic carbocycles. The van der Waals surface area contributed by atoms with Crippen LogP contribution in [-0.4, -0.2) is 6.54 Å². The molecule has 0 unspecified atom stereocenters. The molecular weight excluding hydrogens is 110 g/mol. The zero-order valence-electron chi connectivity index (χ0n) is 5.65. The molecule has 0 aliphatic carbocycles. The Morgan fingerprint density at radius 1 is 1.78 bits per heavy atom. The summed E-state index contributed by atoms with van der Waals surface area (Å²) in [4.78, 5) is 0. The van der Waals surface area contributed by atoms with E-state index in [1.165, 1.54) is 0 Å². The van der Waals surface area contributed by atoms with Crippen LogP contribution in [0.25, 0.3) is 0 Å². The van der Waals surface area contributed by atoms with Gasteiger partial charge >= 0.3 is 0 Å². The molecule has 48 valence electrons. The molecule has 0 saturated carbocycles. The summed E-state index contributed by atoms with van der Waals surface area (Å²) in [6.45, 7) is 6.74. The van der Waals surface area contributed by atoms with Crippen molar-refractivity contribution in [2.45, 2.75) is 6.92 Å². The zero-order valence-corrected chi connectivity index (χ0v) is 5.65. The van der Waals surface area contributed by atoms with Crippen molar-refractivity contribution in [2.24, 2.45) is 0 Å². The number of hydrogen-bond donors (Lipinski definition) is 1. The van der Waals surface area contributed by atoms with Crippen molar-refractivity contribution in [2.75, 3.05) is 6.54 Å². The van der Waals surface area contributed by atoms with Crippen LogP contribution < -0.4 is 5.32 Å². The standard InChI is InChI=1S/C8H11N/c1-7(2)8-5-3-4-6-9-8/h3-5,9H,1,6H2,2H3. The van der Waals surface area contributed by atoms with Gasteiger partial charge in [0.25, 0.3) is 0 Å². The largest absolute Gasteiger partial charge is 0.381 e. The molecule has 1 aliphatic rings. The van der Waals surface area contributed by atoms with Crippen molar-refractivity contribution in [3.8, 4) is 0 Å². The van der Waals surface area contributed by atoms with E-state index in [0.29, 0.717) is 0 Å². The van der Waals surface area contributed by atoms with E-state index in [2.05, 4.69) is 18.0 Å². The van der Waals surface area contributed by atoms with Crippen molar-refractivity contribution < 1.29 is 0 Å². The Morgan fingerprint density at radius 2 is 2.56 bits per heavy atom. The van der Waals surface area contributed by atoms with Gasteiger partial charge in [-0.25, -0.2) is 0 Å². The van der Waals surface area contributed by atoms with Gasteiger partial charge < -0.3 is 5.32 Å². The van der Waals surface area contributed by atoms with Gasteiger partial charge in [0.1, 0.15) is 0 Å². The molecule has 1 heterocycles. The number of nitrogens with one attached hydrogen (secondary N) is 1. The second-order valence-corrected chi connectivity index (χ2v) is 2.17. The third-order valence-corrected chi connectivity index (χ3v) is 1.27. The van der Waals surface area contributed by atoms with Crippen LogP contribution in [-0.2, 0) is 0 Å². The summed E-state index contributed by atoms with van der Waals surface area (Å²) in [5.41, 5.74) is 2.25. The molecule has 1 heteroatoms. The van der Waals surface area contributed by atoms with Gasteiger partial charge in [-0.2, -0.15) is 0 Å². The van der Waals surface area contributed by atoms with E-state index in [4.69, 9.17) is 0 Å². The number of dihydropyridines is 1. The summed E-state index contributed by atoms with van der Waals surface area (Å²) in [6.07, 6.45) is 6.15. The van der Waals surface area contributed by atoms with Gasteiger partial charge in [0.05, 0.1) is 0 Å². The smallest absolute Gasteiger partial charge is 0.0366 e. The Balaban J connectivity index is 2.68. The van der Waals surface area contributed by atoms with E-state index in [-0.39, 0.29) is 0 Å². The number of rotatable bonds is 1. The van der Waals surface area contributed by atoms with Crippen LogP contribution in [0.2, 0.25) is 0 Å². The van der Waals surface area contributed by atoms with Gasteiger partial charge in [-0.1, -0.05) is 18.7 Å². The highest BCUT2D eigenvalue weighted by Crippen LogP contribution is 2.04. The average molecular weight is 121 g/mol.